The third-order valence-corrected chi connectivity index (χ3v) is 8.32. The van der Waals surface area contributed by atoms with Gasteiger partial charge in [0.1, 0.15) is 17.1 Å². The minimum Gasteiger partial charge on any atom is -0.496 e. The minimum atomic E-state index is -0.747. The van der Waals surface area contributed by atoms with Gasteiger partial charge in [0.25, 0.3) is 11.5 Å². The average molecular weight is 643 g/mol. The fourth-order valence-electron chi connectivity index (χ4n) is 5.04. The summed E-state index contributed by atoms with van der Waals surface area (Å²) >= 11 is 13.6. The summed E-state index contributed by atoms with van der Waals surface area (Å²) in [6.07, 6.45) is 0.490. The van der Waals surface area contributed by atoms with E-state index >= 15 is 4.39 Å². The number of carbonyl (C=O) groups is 1. The third-order valence-electron chi connectivity index (χ3n) is 7.50. The van der Waals surface area contributed by atoms with Crippen LogP contribution in [0, 0.1) is 5.82 Å². The van der Waals surface area contributed by atoms with Crippen molar-refractivity contribution in [2.24, 2.45) is 14.1 Å². The Kier molecular flexibility index (Phi) is 9.23. The van der Waals surface area contributed by atoms with Crippen molar-refractivity contribution >= 4 is 34.8 Å². The summed E-state index contributed by atoms with van der Waals surface area (Å²) in [5.41, 5.74) is 0.936. The van der Waals surface area contributed by atoms with Crippen molar-refractivity contribution in [3.05, 3.63) is 103 Å². The molecule has 0 unspecified atom stereocenters. The number of ether oxygens (including phenoxy) is 2. The topological polar surface area (TPSA) is 124 Å². The quantitative estimate of drug-likeness (QED) is 0.266. The van der Waals surface area contributed by atoms with E-state index in [9.17, 15) is 19.5 Å². The van der Waals surface area contributed by atoms with Gasteiger partial charge in [0.05, 0.1) is 48.2 Å². The fraction of sp³-hybridized carbons (Fsp3) is 0.258. The van der Waals surface area contributed by atoms with Crippen LogP contribution in [0.25, 0.3) is 22.3 Å². The van der Waals surface area contributed by atoms with Crippen LogP contribution in [-0.4, -0.2) is 52.6 Å². The summed E-state index contributed by atoms with van der Waals surface area (Å²) < 4.78 is 28.2. The standard InChI is InChI=1S/C31H29Cl2FN4O6/c1-37-13-21(30(41)38(2)31(37)42)29(40)36-23-9-5-8-19(28(23)33)18-7-4-6-17(27(18)32)16-10-22(34)20(26(11-16)43-3)12-35-24-14-44-15-25(24)39/h4-11,13,24-25,35,39H,12,14-15H2,1-3H3,(H,36,40)/t24-,25+/m0/s1. The first-order valence-electron chi connectivity index (χ1n) is 13.5. The highest BCUT2D eigenvalue weighted by Crippen LogP contribution is 2.42. The van der Waals surface area contributed by atoms with Gasteiger partial charge in [0.15, 0.2) is 0 Å². The van der Waals surface area contributed by atoms with Crippen LogP contribution in [0.2, 0.25) is 10.0 Å². The van der Waals surface area contributed by atoms with Crippen molar-refractivity contribution in [3.63, 3.8) is 0 Å². The molecule has 13 heteroatoms. The second-order valence-electron chi connectivity index (χ2n) is 10.3. The molecule has 2 atom stereocenters. The van der Waals surface area contributed by atoms with Crippen LogP contribution in [0.1, 0.15) is 15.9 Å². The molecule has 0 saturated carbocycles. The summed E-state index contributed by atoms with van der Waals surface area (Å²) in [7, 11) is 4.16. The van der Waals surface area contributed by atoms with Gasteiger partial charge in [0.2, 0.25) is 0 Å². The minimum absolute atomic E-state index is 0.119. The summed E-state index contributed by atoms with van der Waals surface area (Å²) in [5.74, 6) is -0.962. The first kappa shape index (κ1) is 31.4. The van der Waals surface area contributed by atoms with Crippen LogP contribution in [0.3, 0.4) is 0 Å². The van der Waals surface area contributed by atoms with Gasteiger partial charge in [-0.3, -0.25) is 14.2 Å². The van der Waals surface area contributed by atoms with Gasteiger partial charge in [-0.1, -0.05) is 53.5 Å². The number of methoxy groups -OCH3 is 1. The highest BCUT2D eigenvalue weighted by molar-refractivity contribution is 6.39. The van der Waals surface area contributed by atoms with Crippen molar-refractivity contribution in [1.29, 1.82) is 0 Å². The maximum absolute atomic E-state index is 15.4. The van der Waals surface area contributed by atoms with Gasteiger partial charge in [-0.05, 0) is 23.8 Å². The zero-order valence-electron chi connectivity index (χ0n) is 24.0. The molecule has 230 valence electrons. The molecule has 1 saturated heterocycles. The van der Waals surface area contributed by atoms with E-state index in [-0.39, 0.29) is 40.5 Å². The van der Waals surface area contributed by atoms with Crippen LogP contribution in [0.5, 0.6) is 5.75 Å². The number of aliphatic hydroxyl groups excluding tert-OH is 1. The Balaban J connectivity index is 1.46. The van der Waals surface area contributed by atoms with E-state index in [2.05, 4.69) is 10.6 Å². The highest BCUT2D eigenvalue weighted by Gasteiger charge is 2.27. The lowest BCUT2D eigenvalue weighted by Crippen LogP contribution is -2.40. The molecule has 0 radical (unpaired) electrons. The zero-order chi connectivity index (χ0) is 31.7. The normalized spacial score (nSPS) is 16.2. The van der Waals surface area contributed by atoms with E-state index in [4.69, 9.17) is 32.7 Å². The molecular formula is C31H29Cl2FN4O6. The van der Waals surface area contributed by atoms with Gasteiger partial charge in [0, 0.05) is 49.1 Å². The zero-order valence-corrected chi connectivity index (χ0v) is 25.5. The van der Waals surface area contributed by atoms with E-state index < -0.39 is 29.1 Å². The Morgan fingerprint density at radius 3 is 2.43 bits per heavy atom. The average Bonchev–Trinajstić information content (AvgIpc) is 3.42. The predicted octanol–water partition coefficient (Wildman–Crippen LogP) is 3.97. The largest absolute Gasteiger partial charge is 0.496 e. The van der Waals surface area contributed by atoms with Gasteiger partial charge >= 0.3 is 5.69 Å². The maximum Gasteiger partial charge on any atom is 0.330 e. The van der Waals surface area contributed by atoms with Crippen molar-refractivity contribution in [2.45, 2.75) is 18.7 Å². The molecule has 0 spiro atoms. The second-order valence-corrected chi connectivity index (χ2v) is 11.1. The van der Waals surface area contributed by atoms with Crippen molar-refractivity contribution < 1.29 is 23.8 Å². The molecule has 1 amide bonds. The number of amides is 1. The highest BCUT2D eigenvalue weighted by atomic mass is 35.5. The first-order valence-corrected chi connectivity index (χ1v) is 14.3. The smallest absolute Gasteiger partial charge is 0.330 e. The van der Waals surface area contributed by atoms with E-state index in [0.717, 1.165) is 9.13 Å². The maximum atomic E-state index is 15.4. The van der Waals surface area contributed by atoms with Gasteiger partial charge in [-0.25, -0.2) is 9.18 Å². The van der Waals surface area contributed by atoms with Crippen LogP contribution < -0.4 is 26.6 Å². The number of aromatic nitrogens is 2. The number of hydrogen-bond donors (Lipinski definition) is 3. The van der Waals surface area contributed by atoms with Gasteiger partial charge < -0.3 is 29.8 Å². The lowest BCUT2D eigenvalue weighted by molar-refractivity contribution is 0.102. The van der Waals surface area contributed by atoms with E-state index in [1.807, 2.05) is 0 Å². The Labute approximate surface area is 261 Å². The molecule has 1 fully saturated rings. The van der Waals surface area contributed by atoms with Crippen molar-refractivity contribution in [2.75, 3.05) is 25.6 Å². The van der Waals surface area contributed by atoms with Gasteiger partial charge in [-0.15, -0.1) is 0 Å². The van der Waals surface area contributed by atoms with Crippen LogP contribution >= 0.6 is 23.2 Å². The number of aryl methyl sites for hydroxylation is 1. The van der Waals surface area contributed by atoms with E-state index in [1.165, 1.54) is 33.5 Å². The molecule has 1 aliphatic rings. The number of nitrogens with zero attached hydrogens (tertiary/aromatic N) is 2. The molecule has 3 aromatic carbocycles. The number of anilines is 1. The number of aliphatic hydroxyl groups is 1. The van der Waals surface area contributed by atoms with Crippen LogP contribution in [-0.2, 0) is 25.4 Å². The molecule has 3 N–H and O–H groups in total. The monoisotopic (exact) mass is 642 g/mol. The number of carbonyl (C=O) groups excluding carboxylic acids is 1. The summed E-state index contributed by atoms with van der Waals surface area (Å²) in [5, 5.41) is 16.2. The van der Waals surface area contributed by atoms with Crippen LogP contribution in [0.4, 0.5) is 10.1 Å². The third kappa shape index (κ3) is 6.01. The molecule has 44 heavy (non-hydrogen) atoms. The molecule has 5 rings (SSSR count). The summed E-state index contributed by atoms with van der Waals surface area (Å²) in [4.78, 5) is 37.6. The molecule has 1 aliphatic heterocycles. The summed E-state index contributed by atoms with van der Waals surface area (Å²) in [6.45, 7) is 0.665. The van der Waals surface area contributed by atoms with Crippen LogP contribution in [0.15, 0.2) is 64.3 Å². The number of halogens is 3. The molecule has 2 heterocycles. The van der Waals surface area contributed by atoms with E-state index in [1.54, 1.807) is 42.5 Å². The lowest BCUT2D eigenvalue weighted by Gasteiger charge is -2.18. The molecular weight excluding hydrogens is 614 g/mol. The molecule has 4 aromatic rings. The number of hydrogen-bond acceptors (Lipinski definition) is 7. The molecule has 0 aliphatic carbocycles. The first-order chi connectivity index (χ1) is 21.0. The Morgan fingerprint density at radius 1 is 1.07 bits per heavy atom. The SMILES string of the molecule is COc1cc(-c2cccc(-c3cccc(NC(=O)c4cn(C)c(=O)n(C)c4=O)c3Cl)c2Cl)cc(F)c1CN[C@H]1COC[C@H]1O. The number of rotatable bonds is 8. The van der Waals surface area contributed by atoms with Crippen molar-refractivity contribution in [3.8, 4) is 28.0 Å². The Morgan fingerprint density at radius 2 is 1.75 bits per heavy atom. The summed E-state index contributed by atoms with van der Waals surface area (Å²) in [6, 6.07) is 12.9. The fourth-order valence-corrected chi connectivity index (χ4v) is 5.66. The van der Waals surface area contributed by atoms with Crippen molar-refractivity contribution in [1.82, 2.24) is 14.5 Å². The molecule has 1 aromatic heterocycles. The predicted molar refractivity (Wildman–Crippen MR) is 166 cm³/mol. The lowest BCUT2D eigenvalue weighted by atomic mass is 9.97. The molecule has 10 nitrogen and oxygen atoms in total. The van der Waals surface area contributed by atoms with E-state index in [0.29, 0.717) is 40.2 Å². The Hall–Kier alpha value is -4.00. The molecule has 0 bridgehead atoms. The number of nitrogens with one attached hydrogen (secondary N) is 2. The second kappa shape index (κ2) is 12.9. The number of benzene rings is 3. The Bertz CT molecular complexity index is 1880. The van der Waals surface area contributed by atoms with Gasteiger partial charge in [-0.2, -0.15) is 0 Å².